The number of hydrogen-bond acceptors (Lipinski definition) is 2. The van der Waals surface area contributed by atoms with Gasteiger partial charge in [-0.05, 0) is 42.2 Å². The number of anilines is 2. The van der Waals surface area contributed by atoms with Crippen molar-refractivity contribution in [1.82, 2.24) is 0 Å². The average molecular weight is 296 g/mol. The van der Waals surface area contributed by atoms with Gasteiger partial charge in [0.25, 0.3) is 0 Å². The molecule has 0 aliphatic heterocycles. The zero-order valence-corrected chi connectivity index (χ0v) is 13.3. The van der Waals surface area contributed by atoms with Crippen molar-refractivity contribution in [3.05, 3.63) is 60.2 Å². The summed E-state index contributed by atoms with van der Waals surface area (Å²) in [6.07, 6.45) is 1.26. The lowest BCUT2D eigenvalue weighted by Crippen LogP contribution is -2.12. The predicted molar refractivity (Wildman–Crippen MR) is 93.2 cm³/mol. The molecule has 0 unspecified atom stereocenters. The van der Waals surface area contributed by atoms with Crippen LogP contribution in [0.2, 0.25) is 0 Å². The van der Waals surface area contributed by atoms with Crippen LogP contribution in [-0.2, 0) is 11.2 Å². The number of aryl methyl sites for hydroxylation is 1. The Labute approximate surface area is 132 Å². The fraction of sp³-hybridized carbons (Fsp3) is 0.316. The van der Waals surface area contributed by atoms with E-state index in [4.69, 9.17) is 0 Å². The van der Waals surface area contributed by atoms with Gasteiger partial charge in [0.2, 0.25) is 5.91 Å². The Kier molecular flexibility index (Phi) is 6.01. The number of carbonyl (C=O) groups excluding carboxylic acids is 1. The first kappa shape index (κ1) is 16.1. The molecular formula is C19H24N2O. The highest BCUT2D eigenvalue weighted by Gasteiger charge is 2.03. The lowest BCUT2D eigenvalue weighted by molar-refractivity contribution is -0.116. The molecule has 0 radical (unpaired) electrons. The second-order valence-corrected chi connectivity index (χ2v) is 5.89. The van der Waals surface area contributed by atoms with Crippen LogP contribution in [0.25, 0.3) is 0 Å². The zero-order chi connectivity index (χ0) is 15.8. The van der Waals surface area contributed by atoms with Crippen LogP contribution in [-0.4, -0.2) is 12.5 Å². The van der Waals surface area contributed by atoms with E-state index in [1.54, 1.807) is 0 Å². The Morgan fingerprint density at radius 2 is 1.59 bits per heavy atom. The molecule has 0 spiro atoms. The fourth-order valence-corrected chi connectivity index (χ4v) is 2.12. The van der Waals surface area contributed by atoms with Crippen LogP contribution in [0.3, 0.4) is 0 Å². The molecule has 0 atom stereocenters. The second-order valence-electron chi connectivity index (χ2n) is 5.89. The molecule has 0 heterocycles. The molecule has 3 heteroatoms. The molecule has 116 valence electrons. The largest absolute Gasteiger partial charge is 0.385 e. The Hall–Kier alpha value is -2.29. The molecule has 2 aromatic rings. The number of carbonyl (C=O) groups is 1. The highest BCUT2D eigenvalue weighted by Crippen LogP contribution is 2.14. The molecule has 2 aromatic carbocycles. The van der Waals surface area contributed by atoms with Crippen molar-refractivity contribution < 1.29 is 4.79 Å². The van der Waals surface area contributed by atoms with E-state index in [1.807, 2.05) is 54.6 Å². The molecule has 22 heavy (non-hydrogen) atoms. The third-order valence-corrected chi connectivity index (χ3v) is 3.37. The van der Waals surface area contributed by atoms with Gasteiger partial charge in [-0.25, -0.2) is 0 Å². The quantitative estimate of drug-likeness (QED) is 0.798. The maximum Gasteiger partial charge on any atom is 0.224 e. The summed E-state index contributed by atoms with van der Waals surface area (Å²) in [4.78, 5) is 12.0. The van der Waals surface area contributed by atoms with E-state index in [0.29, 0.717) is 12.3 Å². The lowest BCUT2D eigenvalue weighted by atomic mass is 10.1. The van der Waals surface area contributed by atoms with E-state index in [1.165, 1.54) is 5.56 Å². The van der Waals surface area contributed by atoms with E-state index in [2.05, 4.69) is 24.5 Å². The van der Waals surface area contributed by atoms with Crippen LogP contribution in [0.4, 0.5) is 11.4 Å². The molecule has 2 N–H and O–H groups in total. The second kappa shape index (κ2) is 8.23. The van der Waals surface area contributed by atoms with Gasteiger partial charge in [-0.2, -0.15) is 0 Å². The summed E-state index contributed by atoms with van der Waals surface area (Å²) in [6.45, 7) is 5.30. The van der Waals surface area contributed by atoms with Gasteiger partial charge in [0.1, 0.15) is 0 Å². The van der Waals surface area contributed by atoms with Gasteiger partial charge in [-0.3, -0.25) is 4.79 Å². The monoisotopic (exact) mass is 296 g/mol. The molecule has 0 saturated heterocycles. The van der Waals surface area contributed by atoms with Crippen LogP contribution in [0.5, 0.6) is 0 Å². The molecule has 2 rings (SSSR count). The Bertz CT molecular complexity index is 576. The van der Waals surface area contributed by atoms with Gasteiger partial charge < -0.3 is 10.6 Å². The summed E-state index contributed by atoms with van der Waals surface area (Å²) in [6, 6.07) is 17.9. The molecule has 0 aromatic heterocycles. The van der Waals surface area contributed by atoms with Gasteiger partial charge >= 0.3 is 0 Å². The summed E-state index contributed by atoms with van der Waals surface area (Å²) in [5, 5.41) is 6.30. The highest BCUT2D eigenvalue weighted by molar-refractivity contribution is 5.91. The number of benzene rings is 2. The van der Waals surface area contributed by atoms with Crippen molar-refractivity contribution in [2.45, 2.75) is 26.7 Å². The SMILES string of the molecule is CC(C)CNc1ccc(NC(=O)CCc2ccccc2)cc1. The van der Waals surface area contributed by atoms with Crippen molar-refractivity contribution in [3.63, 3.8) is 0 Å². The molecule has 0 bridgehead atoms. The summed E-state index contributed by atoms with van der Waals surface area (Å²) in [5.41, 5.74) is 3.11. The van der Waals surface area contributed by atoms with Gasteiger partial charge in [0, 0.05) is 24.3 Å². The highest BCUT2D eigenvalue weighted by atomic mass is 16.1. The van der Waals surface area contributed by atoms with E-state index in [0.717, 1.165) is 24.3 Å². The molecule has 1 amide bonds. The first-order valence-electron chi connectivity index (χ1n) is 7.81. The van der Waals surface area contributed by atoms with E-state index >= 15 is 0 Å². The van der Waals surface area contributed by atoms with Crippen molar-refractivity contribution in [1.29, 1.82) is 0 Å². The first-order chi connectivity index (χ1) is 10.6. The van der Waals surface area contributed by atoms with Gasteiger partial charge in [-0.1, -0.05) is 44.2 Å². The molecular weight excluding hydrogens is 272 g/mol. The number of rotatable bonds is 7. The van der Waals surface area contributed by atoms with Gasteiger partial charge in [0.15, 0.2) is 0 Å². The summed E-state index contributed by atoms with van der Waals surface area (Å²) < 4.78 is 0. The minimum Gasteiger partial charge on any atom is -0.385 e. The van der Waals surface area contributed by atoms with Crippen molar-refractivity contribution in [2.75, 3.05) is 17.2 Å². The Morgan fingerprint density at radius 3 is 2.23 bits per heavy atom. The van der Waals surface area contributed by atoms with E-state index in [9.17, 15) is 4.79 Å². The molecule has 0 saturated carbocycles. The standard InChI is InChI=1S/C19H24N2O/c1-15(2)14-20-17-9-11-18(12-10-17)21-19(22)13-8-16-6-4-3-5-7-16/h3-7,9-12,15,20H,8,13-14H2,1-2H3,(H,21,22). The van der Waals surface area contributed by atoms with Crippen molar-refractivity contribution >= 4 is 17.3 Å². The molecule has 0 fully saturated rings. The summed E-state index contributed by atoms with van der Waals surface area (Å²) in [7, 11) is 0. The maximum atomic E-state index is 12.0. The molecule has 0 aliphatic carbocycles. The summed E-state index contributed by atoms with van der Waals surface area (Å²) >= 11 is 0. The lowest BCUT2D eigenvalue weighted by Gasteiger charge is -2.10. The Morgan fingerprint density at radius 1 is 0.955 bits per heavy atom. The van der Waals surface area contributed by atoms with Crippen molar-refractivity contribution in [2.24, 2.45) is 5.92 Å². The van der Waals surface area contributed by atoms with Crippen LogP contribution < -0.4 is 10.6 Å². The zero-order valence-electron chi connectivity index (χ0n) is 13.3. The van der Waals surface area contributed by atoms with E-state index < -0.39 is 0 Å². The first-order valence-corrected chi connectivity index (χ1v) is 7.81. The Balaban J connectivity index is 1.79. The van der Waals surface area contributed by atoms with Gasteiger partial charge in [-0.15, -0.1) is 0 Å². The minimum absolute atomic E-state index is 0.0479. The fourth-order valence-electron chi connectivity index (χ4n) is 2.12. The van der Waals surface area contributed by atoms with Crippen molar-refractivity contribution in [3.8, 4) is 0 Å². The smallest absolute Gasteiger partial charge is 0.224 e. The van der Waals surface area contributed by atoms with Crippen LogP contribution in [0.15, 0.2) is 54.6 Å². The van der Waals surface area contributed by atoms with Crippen LogP contribution >= 0.6 is 0 Å². The molecule has 3 nitrogen and oxygen atoms in total. The number of nitrogens with one attached hydrogen (secondary N) is 2. The van der Waals surface area contributed by atoms with Gasteiger partial charge in [0.05, 0.1) is 0 Å². The van der Waals surface area contributed by atoms with E-state index in [-0.39, 0.29) is 5.91 Å². The van der Waals surface area contributed by atoms with Crippen LogP contribution in [0, 0.1) is 5.92 Å². The molecule has 0 aliphatic rings. The number of hydrogen-bond donors (Lipinski definition) is 2. The topological polar surface area (TPSA) is 41.1 Å². The predicted octanol–water partition coefficient (Wildman–Crippen LogP) is 4.33. The normalized spacial score (nSPS) is 10.5. The minimum atomic E-state index is 0.0479. The summed E-state index contributed by atoms with van der Waals surface area (Å²) in [5.74, 6) is 0.657. The van der Waals surface area contributed by atoms with Crippen LogP contribution in [0.1, 0.15) is 25.8 Å². The third-order valence-electron chi connectivity index (χ3n) is 3.37. The maximum absolute atomic E-state index is 12.0. The average Bonchev–Trinajstić information content (AvgIpc) is 2.53. The number of amides is 1. The third kappa shape index (κ3) is 5.60.